The van der Waals surface area contributed by atoms with Crippen LogP contribution in [-0.4, -0.2) is 42.9 Å². The summed E-state index contributed by atoms with van der Waals surface area (Å²) in [5.74, 6) is -1.15. The highest BCUT2D eigenvalue weighted by atomic mass is 32.2. The summed E-state index contributed by atoms with van der Waals surface area (Å²) in [7, 11) is -3.81. The molecule has 0 saturated carbocycles. The first-order valence-electron chi connectivity index (χ1n) is 6.93. The molecule has 1 fully saturated rings. The largest absolute Gasteiger partial charge is 0.481 e. The molecule has 1 unspecified atom stereocenters. The maximum absolute atomic E-state index is 12.5. The average molecular weight is 346 g/mol. The van der Waals surface area contributed by atoms with E-state index in [-0.39, 0.29) is 28.1 Å². The Labute approximate surface area is 132 Å². The molecule has 0 aliphatic carbocycles. The summed E-state index contributed by atoms with van der Waals surface area (Å²) in [6.45, 7) is 0.559. The Morgan fingerprint density at radius 2 is 2.14 bits per heavy atom. The van der Waals surface area contributed by atoms with Gasteiger partial charge in [0.05, 0.1) is 5.56 Å². The van der Waals surface area contributed by atoms with Crippen LogP contribution in [0.25, 0.3) is 0 Å². The number of rotatable bonds is 5. The topological polar surface area (TPSA) is 118 Å². The zero-order valence-electron chi connectivity index (χ0n) is 11.9. The summed E-state index contributed by atoms with van der Waals surface area (Å²) in [6.07, 6.45) is 3.01. The molecule has 2 heterocycles. The number of primary sulfonamides is 1. The van der Waals surface area contributed by atoms with E-state index in [2.05, 4.69) is 0 Å². The number of carboxylic acid groups (broad SMARTS) is 1. The quantitative estimate of drug-likeness (QED) is 0.832. The number of carbonyl (C=O) groups excluding carboxylic acids is 1. The molecule has 1 aliphatic rings. The Kier molecular flexibility index (Phi) is 5.20. The first kappa shape index (κ1) is 16.9. The van der Waals surface area contributed by atoms with Gasteiger partial charge in [-0.2, -0.15) is 0 Å². The highest BCUT2D eigenvalue weighted by molar-refractivity contribution is 7.91. The molecule has 1 aromatic rings. The van der Waals surface area contributed by atoms with E-state index in [0.29, 0.717) is 13.0 Å². The van der Waals surface area contributed by atoms with Crippen LogP contribution in [-0.2, 0) is 14.8 Å². The van der Waals surface area contributed by atoms with Crippen molar-refractivity contribution in [1.82, 2.24) is 4.90 Å². The maximum atomic E-state index is 12.5. The van der Waals surface area contributed by atoms with Crippen LogP contribution < -0.4 is 5.14 Å². The molecule has 1 aromatic heterocycles. The van der Waals surface area contributed by atoms with Crippen molar-refractivity contribution in [2.45, 2.75) is 42.4 Å². The smallest absolute Gasteiger partial charge is 0.303 e. The van der Waals surface area contributed by atoms with Gasteiger partial charge in [0.2, 0.25) is 10.0 Å². The highest BCUT2D eigenvalue weighted by Crippen LogP contribution is 2.26. The molecule has 3 N–H and O–H groups in total. The van der Waals surface area contributed by atoms with Gasteiger partial charge in [-0.15, -0.1) is 11.3 Å². The first-order chi connectivity index (χ1) is 10.3. The minimum Gasteiger partial charge on any atom is -0.481 e. The van der Waals surface area contributed by atoms with Crippen molar-refractivity contribution < 1.29 is 23.1 Å². The van der Waals surface area contributed by atoms with Gasteiger partial charge in [0.25, 0.3) is 5.91 Å². The summed E-state index contributed by atoms with van der Waals surface area (Å²) in [4.78, 5) is 24.9. The number of nitrogens with two attached hydrogens (primary N) is 1. The molecule has 1 atom stereocenters. The van der Waals surface area contributed by atoms with Crippen molar-refractivity contribution in [1.29, 1.82) is 0 Å². The molecule has 122 valence electrons. The third kappa shape index (κ3) is 4.05. The van der Waals surface area contributed by atoms with Crippen LogP contribution in [0.5, 0.6) is 0 Å². The Morgan fingerprint density at radius 1 is 1.41 bits per heavy atom. The Morgan fingerprint density at radius 3 is 2.73 bits per heavy atom. The van der Waals surface area contributed by atoms with E-state index in [4.69, 9.17) is 10.2 Å². The standard InChI is InChI=1S/C13H18N2O5S2/c14-22(19,20)12-7-9(8-21-12)13(18)15-6-2-1-3-10(15)4-5-11(16)17/h7-8,10H,1-6H2,(H,16,17)(H2,14,19,20). The van der Waals surface area contributed by atoms with E-state index in [0.717, 1.165) is 30.6 Å². The van der Waals surface area contributed by atoms with Crippen LogP contribution in [0.2, 0.25) is 0 Å². The van der Waals surface area contributed by atoms with Crippen molar-refractivity contribution in [3.05, 3.63) is 17.0 Å². The predicted octanol–water partition coefficient (Wildman–Crippen LogP) is 1.26. The number of thiophene rings is 1. The number of hydrogen-bond acceptors (Lipinski definition) is 5. The van der Waals surface area contributed by atoms with Gasteiger partial charge in [-0.1, -0.05) is 0 Å². The average Bonchev–Trinajstić information content (AvgIpc) is 2.94. The minimum atomic E-state index is -3.81. The van der Waals surface area contributed by atoms with Crippen molar-refractivity contribution in [3.8, 4) is 0 Å². The molecule has 22 heavy (non-hydrogen) atoms. The fraction of sp³-hybridized carbons (Fsp3) is 0.538. The maximum Gasteiger partial charge on any atom is 0.303 e. The number of aliphatic carboxylic acids is 1. The number of sulfonamides is 1. The number of amides is 1. The van der Waals surface area contributed by atoms with Crippen molar-refractivity contribution in [3.63, 3.8) is 0 Å². The molecule has 7 nitrogen and oxygen atoms in total. The molecule has 1 amide bonds. The molecule has 1 aliphatic heterocycles. The van der Waals surface area contributed by atoms with E-state index < -0.39 is 16.0 Å². The molecule has 2 rings (SSSR count). The predicted molar refractivity (Wildman–Crippen MR) is 81.2 cm³/mol. The Bertz CT molecular complexity index is 668. The lowest BCUT2D eigenvalue weighted by atomic mass is 9.97. The van der Waals surface area contributed by atoms with Crippen LogP contribution in [0.4, 0.5) is 0 Å². The van der Waals surface area contributed by atoms with Crippen LogP contribution >= 0.6 is 11.3 Å². The first-order valence-corrected chi connectivity index (χ1v) is 9.35. The second-order valence-electron chi connectivity index (χ2n) is 5.28. The van der Waals surface area contributed by atoms with E-state index >= 15 is 0 Å². The molecule has 1 saturated heterocycles. The monoisotopic (exact) mass is 346 g/mol. The summed E-state index contributed by atoms with van der Waals surface area (Å²) < 4.78 is 22.5. The van der Waals surface area contributed by atoms with E-state index in [1.165, 1.54) is 11.4 Å². The Balaban J connectivity index is 2.14. The number of nitrogens with zero attached hydrogens (tertiary/aromatic N) is 1. The zero-order chi connectivity index (χ0) is 16.3. The van der Waals surface area contributed by atoms with Gasteiger partial charge in [0, 0.05) is 24.4 Å². The van der Waals surface area contributed by atoms with Gasteiger partial charge >= 0.3 is 5.97 Å². The fourth-order valence-corrected chi connectivity index (χ4v) is 4.18. The van der Waals surface area contributed by atoms with Gasteiger partial charge in [0.1, 0.15) is 4.21 Å². The van der Waals surface area contributed by atoms with Crippen LogP contribution in [0.1, 0.15) is 42.5 Å². The molecule has 0 spiro atoms. The number of hydrogen-bond donors (Lipinski definition) is 2. The molecule has 0 radical (unpaired) electrons. The van der Waals surface area contributed by atoms with E-state index in [1.54, 1.807) is 4.90 Å². The summed E-state index contributed by atoms with van der Waals surface area (Å²) in [6, 6.07) is 1.17. The van der Waals surface area contributed by atoms with Crippen molar-refractivity contribution >= 4 is 33.2 Å². The lowest BCUT2D eigenvalue weighted by Crippen LogP contribution is -2.43. The van der Waals surface area contributed by atoms with Crippen LogP contribution in [0, 0.1) is 0 Å². The summed E-state index contributed by atoms with van der Waals surface area (Å²) >= 11 is 0.914. The van der Waals surface area contributed by atoms with E-state index in [1.807, 2.05) is 0 Å². The van der Waals surface area contributed by atoms with Crippen molar-refractivity contribution in [2.75, 3.05) is 6.54 Å². The second-order valence-corrected chi connectivity index (χ2v) is 7.98. The van der Waals surface area contributed by atoms with Gasteiger partial charge < -0.3 is 10.0 Å². The summed E-state index contributed by atoms with van der Waals surface area (Å²) in [5.41, 5.74) is 0.288. The van der Waals surface area contributed by atoms with Gasteiger partial charge in [-0.05, 0) is 31.7 Å². The van der Waals surface area contributed by atoms with Crippen LogP contribution in [0.15, 0.2) is 15.7 Å². The van der Waals surface area contributed by atoms with Gasteiger partial charge in [-0.3, -0.25) is 9.59 Å². The van der Waals surface area contributed by atoms with Gasteiger partial charge in [0.15, 0.2) is 0 Å². The number of carboxylic acids is 1. The highest BCUT2D eigenvalue weighted by Gasteiger charge is 2.28. The van der Waals surface area contributed by atoms with Crippen LogP contribution in [0.3, 0.4) is 0 Å². The minimum absolute atomic E-state index is 0.0144. The number of likely N-dealkylation sites (tertiary alicyclic amines) is 1. The van der Waals surface area contributed by atoms with Crippen molar-refractivity contribution in [2.24, 2.45) is 5.14 Å². The molecule has 0 bridgehead atoms. The number of carbonyl (C=O) groups is 2. The second kappa shape index (κ2) is 6.76. The third-order valence-corrected chi connectivity index (χ3v) is 6.07. The number of piperidine rings is 1. The molecular weight excluding hydrogens is 328 g/mol. The fourth-order valence-electron chi connectivity index (χ4n) is 2.60. The lowest BCUT2D eigenvalue weighted by molar-refractivity contribution is -0.137. The van der Waals surface area contributed by atoms with Gasteiger partial charge in [-0.25, -0.2) is 13.6 Å². The lowest BCUT2D eigenvalue weighted by Gasteiger charge is -2.35. The third-order valence-electron chi connectivity index (χ3n) is 3.68. The molecule has 9 heteroatoms. The summed E-state index contributed by atoms with van der Waals surface area (Å²) in [5, 5.41) is 15.3. The van der Waals surface area contributed by atoms with E-state index in [9.17, 15) is 18.0 Å². The zero-order valence-corrected chi connectivity index (χ0v) is 13.5. The SMILES string of the molecule is NS(=O)(=O)c1cc(C(=O)N2CCCCC2CCC(=O)O)cs1. The normalized spacial score (nSPS) is 19.1. The molecular formula is C13H18N2O5S2. The molecule has 0 aromatic carbocycles. The Hall–Kier alpha value is -1.45.